The number of rotatable bonds is 5. The molecular formula is C24H30N2O4. The number of ether oxygens (including phenoxy) is 1. The van der Waals surface area contributed by atoms with Crippen LogP contribution in [0.3, 0.4) is 0 Å². The molecule has 0 bridgehead atoms. The van der Waals surface area contributed by atoms with Crippen LogP contribution < -0.4 is 0 Å². The van der Waals surface area contributed by atoms with E-state index in [1.54, 1.807) is 0 Å². The van der Waals surface area contributed by atoms with Crippen molar-refractivity contribution in [3.05, 3.63) is 71.8 Å². The summed E-state index contributed by atoms with van der Waals surface area (Å²) in [6, 6.07) is 19.4. The summed E-state index contributed by atoms with van der Waals surface area (Å²) >= 11 is 0. The molecule has 0 aliphatic carbocycles. The minimum atomic E-state index is -1.24. The van der Waals surface area contributed by atoms with Gasteiger partial charge in [0.1, 0.15) is 11.1 Å². The molecule has 1 N–H and O–H groups in total. The number of carbonyl (C=O) groups excluding carboxylic acids is 1. The van der Waals surface area contributed by atoms with Gasteiger partial charge in [-0.05, 0) is 31.9 Å². The average molecular weight is 411 g/mol. The summed E-state index contributed by atoms with van der Waals surface area (Å²) in [4.78, 5) is 29.0. The van der Waals surface area contributed by atoms with E-state index in [4.69, 9.17) is 4.74 Å². The first-order chi connectivity index (χ1) is 14.2. The van der Waals surface area contributed by atoms with Crippen LogP contribution in [0.25, 0.3) is 0 Å². The molecular weight excluding hydrogens is 380 g/mol. The largest absolute Gasteiger partial charge is 0.480 e. The van der Waals surface area contributed by atoms with E-state index in [1.165, 1.54) is 4.90 Å². The number of nitrogens with zero attached hydrogens (tertiary/aromatic N) is 2. The summed E-state index contributed by atoms with van der Waals surface area (Å²) in [7, 11) is 0. The van der Waals surface area contributed by atoms with Crippen LogP contribution in [0.15, 0.2) is 60.7 Å². The average Bonchev–Trinajstić information content (AvgIpc) is 2.69. The van der Waals surface area contributed by atoms with Crippen LogP contribution in [0.4, 0.5) is 4.79 Å². The van der Waals surface area contributed by atoms with E-state index in [1.807, 2.05) is 86.3 Å². The first-order valence-corrected chi connectivity index (χ1v) is 10.2. The minimum Gasteiger partial charge on any atom is -0.480 e. The molecule has 30 heavy (non-hydrogen) atoms. The maximum absolute atomic E-state index is 12.7. The Labute approximate surface area is 178 Å². The van der Waals surface area contributed by atoms with Crippen molar-refractivity contribution in [3.8, 4) is 0 Å². The number of benzene rings is 2. The second-order valence-electron chi connectivity index (χ2n) is 8.81. The Bertz CT molecular complexity index is 864. The van der Waals surface area contributed by atoms with Crippen molar-refractivity contribution < 1.29 is 19.4 Å². The molecule has 0 radical (unpaired) electrons. The van der Waals surface area contributed by atoms with Gasteiger partial charge in [0, 0.05) is 26.1 Å². The third-order valence-corrected chi connectivity index (χ3v) is 5.30. The highest BCUT2D eigenvalue weighted by atomic mass is 16.6. The first kappa shape index (κ1) is 21.8. The summed E-state index contributed by atoms with van der Waals surface area (Å²) < 4.78 is 5.53. The van der Waals surface area contributed by atoms with Crippen molar-refractivity contribution in [2.45, 2.75) is 44.9 Å². The molecule has 0 saturated carbocycles. The lowest BCUT2D eigenvalue weighted by molar-refractivity contribution is -0.157. The molecule has 6 nitrogen and oxygen atoms in total. The molecule has 0 spiro atoms. The lowest BCUT2D eigenvalue weighted by Crippen LogP contribution is -2.67. The third kappa shape index (κ3) is 5.19. The predicted octanol–water partition coefficient (Wildman–Crippen LogP) is 3.81. The second kappa shape index (κ2) is 8.88. The molecule has 1 unspecified atom stereocenters. The van der Waals surface area contributed by atoms with Crippen LogP contribution in [-0.4, -0.2) is 57.7 Å². The van der Waals surface area contributed by atoms with Crippen molar-refractivity contribution in [2.24, 2.45) is 0 Å². The fourth-order valence-corrected chi connectivity index (χ4v) is 3.85. The zero-order valence-corrected chi connectivity index (χ0v) is 17.9. The SMILES string of the molecule is CC(C)(C)OC(=O)N1CCN(Cc2ccccc2)C(Cc2ccccc2)(C(=O)O)C1. The van der Waals surface area contributed by atoms with Crippen LogP contribution in [0.2, 0.25) is 0 Å². The lowest BCUT2D eigenvalue weighted by atomic mass is 9.86. The molecule has 160 valence electrons. The Morgan fingerprint density at radius 3 is 2.07 bits per heavy atom. The third-order valence-electron chi connectivity index (χ3n) is 5.30. The molecule has 1 saturated heterocycles. The Kier molecular flexibility index (Phi) is 6.46. The first-order valence-electron chi connectivity index (χ1n) is 10.2. The number of amides is 1. The van der Waals surface area contributed by atoms with Crippen molar-refractivity contribution in [1.82, 2.24) is 9.80 Å². The van der Waals surface area contributed by atoms with Gasteiger partial charge in [0.05, 0.1) is 6.54 Å². The van der Waals surface area contributed by atoms with Gasteiger partial charge in [0.2, 0.25) is 0 Å². The van der Waals surface area contributed by atoms with Gasteiger partial charge in [-0.15, -0.1) is 0 Å². The Hall–Kier alpha value is -2.86. The van der Waals surface area contributed by atoms with E-state index in [0.29, 0.717) is 26.1 Å². The van der Waals surface area contributed by atoms with Crippen LogP contribution in [0.1, 0.15) is 31.9 Å². The van der Waals surface area contributed by atoms with Gasteiger partial charge in [-0.2, -0.15) is 0 Å². The fraction of sp³-hybridized carbons (Fsp3) is 0.417. The molecule has 6 heteroatoms. The number of hydrogen-bond donors (Lipinski definition) is 1. The summed E-state index contributed by atoms with van der Waals surface area (Å²) in [6.07, 6.45) is -0.171. The maximum atomic E-state index is 12.7. The summed E-state index contributed by atoms with van der Waals surface area (Å²) in [5.41, 5.74) is 0.0848. The molecule has 1 atom stereocenters. The summed E-state index contributed by atoms with van der Waals surface area (Å²) in [6.45, 7) is 6.88. The van der Waals surface area contributed by atoms with E-state index >= 15 is 0 Å². The van der Waals surface area contributed by atoms with Gasteiger partial charge in [-0.25, -0.2) is 4.79 Å². The van der Waals surface area contributed by atoms with Gasteiger partial charge >= 0.3 is 12.1 Å². The van der Waals surface area contributed by atoms with Gasteiger partial charge in [0.15, 0.2) is 0 Å². The van der Waals surface area contributed by atoms with Gasteiger partial charge < -0.3 is 14.7 Å². The molecule has 0 aromatic heterocycles. The summed E-state index contributed by atoms with van der Waals surface area (Å²) in [5, 5.41) is 10.4. The standard InChI is InChI=1S/C24H30N2O4/c1-23(2,3)30-22(29)25-14-15-26(17-20-12-8-5-9-13-20)24(18-25,21(27)28)16-19-10-6-4-7-11-19/h4-13H,14-18H2,1-3H3,(H,27,28). The predicted molar refractivity (Wildman–Crippen MR) is 115 cm³/mol. The molecule has 2 aromatic rings. The molecule has 2 aromatic carbocycles. The molecule has 1 fully saturated rings. The number of carboxylic acids is 1. The van der Waals surface area contributed by atoms with Crippen molar-refractivity contribution in [3.63, 3.8) is 0 Å². The lowest BCUT2D eigenvalue weighted by Gasteiger charge is -2.48. The van der Waals surface area contributed by atoms with E-state index in [9.17, 15) is 14.7 Å². The summed E-state index contributed by atoms with van der Waals surface area (Å²) in [5.74, 6) is -0.935. The van der Waals surface area contributed by atoms with Crippen LogP contribution >= 0.6 is 0 Å². The van der Waals surface area contributed by atoms with Crippen LogP contribution in [0, 0.1) is 0 Å². The fourth-order valence-electron chi connectivity index (χ4n) is 3.85. The van der Waals surface area contributed by atoms with Crippen LogP contribution in [-0.2, 0) is 22.5 Å². The van der Waals surface area contributed by atoms with Crippen molar-refractivity contribution >= 4 is 12.1 Å². The number of hydrogen-bond acceptors (Lipinski definition) is 4. The number of carbonyl (C=O) groups is 2. The zero-order valence-electron chi connectivity index (χ0n) is 17.9. The Morgan fingerprint density at radius 2 is 1.53 bits per heavy atom. The Morgan fingerprint density at radius 1 is 0.967 bits per heavy atom. The van der Waals surface area contributed by atoms with E-state index in [-0.39, 0.29) is 6.54 Å². The van der Waals surface area contributed by atoms with E-state index in [2.05, 4.69) is 0 Å². The van der Waals surface area contributed by atoms with Gasteiger partial charge in [0.25, 0.3) is 0 Å². The monoisotopic (exact) mass is 410 g/mol. The van der Waals surface area contributed by atoms with Crippen molar-refractivity contribution in [2.75, 3.05) is 19.6 Å². The van der Waals surface area contributed by atoms with Gasteiger partial charge in [-0.3, -0.25) is 9.69 Å². The minimum absolute atomic E-state index is 0.0684. The maximum Gasteiger partial charge on any atom is 0.410 e. The highest BCUT2D eigenvalue weighted by molar-refractivity contribution is 5.81. The molecule has 1 heterocycles. The molecule has 3 rings (SSSR count). The topological polar surface area (TPSA) is 70.1 Å². The highest BCUT2D eigenvalue weighted by Crippen LogP contribution is 2.30. The van der Waals surface area contributed by atoms with E-state index in [0.717, 1.165) is 11.1 Å². The molecule has 1 aliphatic heterocycles. The number of carboxylic acid groups (broad SMARTS) is 1. The molecule has 1 aliphatic rings. The molecule has 1 amide bonds. The number of piperazine rings is 1. The van der Waals surface area contributed by atoms with E-state index < -0.39 is 23.2 Å². The zero-order chi connectivity index (χ0) is 21.8. The van der Waals surface area contributed by atoms with Crippen LogP contribution in [0.5, 0.6) is 0 Å². The van der Waals surface area contributed by atoms with Gasteiger partial charge in [-0.1, -0.05) is 60.7 Å². The smallest absolute Gasteiger partial charge is 0.410 e. The second-order valence-corrected chi connectivity index (χ2v) is 8.81. The Balaban J connectivity index is 1.93. The quantitative estimate of drug-likeness (QED) is 0.812. The number of aliphatic carboxylic acids is 1. The highest BCUT2D eigenvalue weighted by Gasteiger charge is 2.49. The van der Waals surface area contributed by atoms with Crippen molar-refractivity contribution in [1.29, 1.82) is 0 Å². The normalized spacial score (nSPS) is 20.0.